The molecular weight excluding hydrogens is 297 g/mol. The second-order valence-electron chi connectivity index (χ2n) is 4.05. The zero-order valence-electron chi connectivity index (χ0n) is 10.4. The van der Waals surface area contributed by atoms with Crippen LogP contribution in [0.2, 0.25) is 0 Å². The Bertz CT molecular complexity index is 531. The molecule has 0 saturated heterocycles. The molecule has 0 bridgehead atoms. The topological polar surface area (TPSA) is 29.9 Å². The number of nitrogens with one attached hydrogen (secondary N) is 1. The number of aryl methyl sites for hydroxylation is 2. The zero-order chi connectivity index (χ0) is 13.1. The van der Waals surface area contributed by atoms with Crippen LogP contribution in [0.25, 0.3) is 0 Å². The minimum Gasteiger partial charge on any atom is -0.376 e. The first-order valence-corrected chi connectivity index (χ1v) is 6.60. The average molecular weight is 312 g/mol. The third kappa shape index (κ3) is 2.72. The lowest BCUT2D eigenvalue weighted by atomic mass is 10.2. The molecule has 0 aliphatic carbocycles. The molecule has 2 aromatic rings. The van der Waals surface area contributed by atoms with Gasteiger partial charge in [-0.25, -0.2) is 4.39 Å². The average Bonchev–Trinajstić information content (AvgIpc) is 2.70. The predicted molar refractivity (Wildman–Crippen MR) is 74.0 cm³/mol. The van der Waals surface area contributed by atoms with E-state index in [9.17, 15) is 4.39 Å². The van der Waals surface area contributed by atoms with E-state index in [-0.39, 0.29) is 5.82 Å². The molecule has 0 atom stereocenters. The van der Waals surface area contributed by atoms with Crippen molar-refractivity contribution in [1.29, 1.82) is 0 Å². The van der Waals surface area contributed by atoms with E-state index in [0.29, 0.717) is 12.2 Å². The minimum atomic E-state index is -0.262. The summed E-state index contributed by atoms with van der Waals surface area (Å²) in [6.45, 7) is 2.61. The fourth-order valence-corrected chi connectivity index (χ4v) is 2.24. The van der Waals surface area contributed by atoms with Crippen molar-refractivity contribution in [3.8, 4) is 0 Å². The van der Waals surface area contributed by atoms with Crippen molar-refractivity contribution in [3.05, 3.63) is 45.9 Å². The summed E-state index contributed by atoms with van der Waals surface area (Å²) in [6.07, 6.45) is 0.900. The van der Waals surface area contributed by atoms with Crippen LogP contribution in [-0.2, 0) is 20.0 Å². The number of anilines is 1. The minimum absolute atomic E-state index is 0.262. The van der Waals surface area contributed by atoms with Crippen molar-refractivity contribution in [3.63, 3.8) is 0 Å². The fourth-order valence-electron chi connectivity index (χ4n) is 1.76. The van der Waals surface area contributed by atoms with E-state index in [1.165, 1.54) is 6.07 Å². The molecule has 0 unspecified atom stereocenters. The fraction of sp³-hybridized carbons (Fsp3) is 0.308. The van der Waals surface area contributed by atoms with Crippen LogP contribution in [0.3, 0.4) is 0 Å². The van der Waals surface area contributed by atoms with E-state index in [1.807, 2.05) is 23.9 Å². The van der Waals surface area contributed by atoms with E-state index >= 15 is 0 Å². The number of para-hydroxylation sites is 1. The highest BCUT2D eigenvalue weighted by atomic mass is 79.9. The Balaban J connectivity index is 2.14. The van der Waals surface area contributed by atoms with E-state index in [2.05, 4.69) is 33.3 Å². The molecule has 1 N–H and O–H groups in total. The highest BCUT2D eigenvalue weighted by molar-refractivity contribution is 9.10. The number of hydrogen-bond acceptors (Lipinski definition) is 2. The Morgan fingerprint density at radius 1 is 1.44 bits per heavy atom. The first kappa shape index (κ1) is 13.1. The van der Waals surface area contributed by atoms with Gasteiger partial charge in [-0.05, 0) is 40.5 Å². The van der Waals surface area contributed by atoms with Crippen molar-refractivity contribution in [2.24, 2.45) is 7.05 Å². The summed E-state index contributed by atoms with van der Waals surface area (Å²) in [6, 6.07) is 6.95. The van der Waals surface area contributed by atoms with Crippen LogP contribution in [0.1, 0.15) is 18.3 Å². The predicted octanol–water partition coefficient (Wildman–Crippen LogP) is 3.50. The molecule has 18 heavy (non-hydrogen) atoms. The summed E-state index contributed by atoms with van der Waals surface area (Å²) in [5.41, 5.74) is 2.56. The molecule has 1 aromatic carbocycles. The first-order valence-electron chi connectivity index (χ1n) is 5.81. The first-order chi connectivity index (χ1) is 8.61. The van der Waals surface area contributed by atoms with Crippen LogP contribution >= 0.6 is 15.9 Å². The van der Waals surface area contributed by atoms with Crippen molar-refractivity contribution in [1.82, 2.24) is 9.78 Å². The second kappa shape index (κ2) is 5.52. The molecule has 0 amide bonds. The molecule has 1 aromatic heterocycles. The van der Waals surface area contributed by atoms with Gasteiger partial charge in [0.25, 0.3) is 0 Å². The van der Waals surface area contributed by atoms with Gasteiger partial charge in [0.05, 0.1) is 23.6 Å². The molecule has 0 spiro atoms. The second-order valence-corrected chi connectivity index (χ2v) is 4.91. The van der Waals surface area contributed by atoms with Gasteiger partial charge in [-0.1, -0.05) is 13.0 Å². The molecule has 0 aliphatic rings. The van der Waals surface area contributed by atoms with Crippen LogP contribution < -0.4 is 5.32 Å². The molecule has 5 heteroatoms. The van der Waals surface area contributed by atoms with Gasteiger partial charge in [0.1, 0.15) is 5.82 Å². The molecular formula is C13H15BrFN3. The molecule has 0 saturated carbocycles. The maximum Gasteiger partial charge on any atom is 0.147 e. The molecule has 0 fully saturated rings. The summed E-state index contributed by atoms with van der Waals surface area (Å²) in [5, 5.41) is 7.45. The normalized spacial score (nSPS) is 10.7. The largest absolute Gasteiger partial charge is 0.376 e. The molecule has 0 aliphatic heterocycles. The number of rotatable bonds is 4. The van der Waals surface area contributed by atoms with Gasteiger partial charge in [-0.2, -0.15) is 5.10 Å². The third-order valence-corrected chi connectivity index (χ3v) is 3.46. The zero-order valence-corrected chi connectivity index (χ0v) is 12.0. The molecule has 2 rings (SSSR count). The standard InChI is InChI=1S/C13H15BrFN3/c1-3-9-7-10(18(2)17-9)8-16-13-11(14)5-4-6-12(13)15/h4-7,16H,3,8H2,1-2H3. The van der Waals surface area contributed by atoms with Crippen molar-refractivity contribution in [2.45, 2.75) is 19.9 Å². The summed E-state index contributed by atoms with van der Waals surface area (Å²) in [7, 11) is 1.90. The highest BCUT2D eigenvalue weighted by Gasteiger charge is 2.08. The van der Waals surface area contributed by atoms with Gasteiger partial charge in [0.15, 0.2) is 0 Å². The van der Waals surface area contributed by atoms with Gasteiger partial charge in [-0.3, -0.25) is 4.68 Å². The maximum absolute atomic E-state index is 13.6. The smallest absolute Gasteiger partial charge is 0.147 e. The van der Waals surface area contributed by atoms with Crippen molar-refractivity contribution >= 4 is 21.6 Å². The number of aromatic nitrogens is 2. The van der Waals surface area contributed by atoms with Crippen LogP contribution in [-0.4, -0.2) is 9.78 Å². The number of benzene rings is 1. The van der Waals surface area contributed by atoms with E-state index in [0.717, 1.165) is 22.3 Å². The Labute approximate surface area is 114 Å². The van der Waals surface area contributed by atoms with Crippen LogP contribution in [0.4, 0.5) is 10.1 Å². The molecule has 96 valence electrons. The summed E-state index contributed by atoms with van der Waals surface area (Å²) in [4.78, 5) is 0. The molecule has 1 heterocycles. The lowest BCUT2D eigenvalue weighted by Crippen LogP contribution is -2.06. The van der Waals surface area contributed by atoms with Gasteiger partial charge in [0.2, 0.25) is 0 Å². The van der Waals surface area contributed by atoms with Crippen LogP contribution in [0.5, 0.6) is 0 Å². The summed E-state index contributed by atoms with van der Waals surface area (Å²) >= 11 is 3.33. The number of hydrogen-bond donors (Lipinski definition) is 1. The molecule has 3 nitrogen and oxygen atoms in total. The van der Waals surface area contributed by atoms with Gasteiger partial charge < -0.3 is 5.32 Å². The van der Waals surface area contributed by atoms with Gasteiger partial charge >= 0.3 is 0 Å². The number of halogens is 2. The van der Waals surface area contributed by atoms with E-state index in [1.54, 1.807) is 6.07 Å². The third-order valence-electron chi connectivity index (χ3n) is 2.80. The van der Waals surface area contributed by atoms with Crippen molar-refractivity contribution in [2.75, 3.05) is 5.32 Å². The highest BCUT2D eigenvalue weighted by Crippen LogP contribution is 2.25. The quantitative estimate of drug-likeness (QED) is 0.936. The van der Waals surface area contributed by atoms with Gasteiger partial charge in [0, 0.05) is 11.5 Å². The Kier molecular flexibility index (Phi) is 4.01. The van der Waals surface area contributed by atoms with Gasteiger partial charge in [-0.15, -0.1) is 0 Å². The lowest BCUT2D eigenvalue weighted by molar-refractivity contribution is 0.628. The Morgan fingerprint density at radius 3 is 2.83 bits per heavy atom. The summed E-state index contributed by atoms with van der Waals surface area (Å²) < 4.78 is 16.2. The Morgan fingerprint density at radius 2 is 2.22 bits per heavy atom. The molecule has 0 radical (unpaired) electrons. The van der Waals surface area contributed by atoms with Crippen LogP contribution in [0.15, 0.2) is 28.7 Å². The maximum atomic E-state index is 13.6. The van der Waals surface area contributed by atoms with E-state index < -0.39 is 0 Å². The monoisotopic (exact) mass is 311 g/mol. The summed E-state index contributed by atoms with van der Waals surface area (Å²) in [5.74, 6) is -0.262. The van der Waals surface area contributed by atoms with Crippen LogP contribution in [0, 0.1) is 5.82 Å². The van der Waals surface area contributed by atoms with E-state index in [4.69, 9.17) is 0 Å². The Hall–Kier alpha value is -1.36. The number of nitrogens with zero attached hydrogens (tertiary/aromatic N) is 2. The lowest BCUT2D eigenvalue weighted by Gasteiger charge is -2.09. The SMILES string of the molecule is CCc1cc(CNc2c(F)cccc2Br)n(C)n1. The van der Waals surface area contributed by atoms with Crippen molar-refractivity contribution < 1.29 is 4.39 Å².